The number of nitrogens with two attached hydrogens (primary N) is 1. The molecule has 7 heteroatoms. The summed E-state index contributed by atoms with van der Waals surface area (Å²) < 4.78 is 0. The SMILES string of the molecule is Cl.N#CC1CNCC1NC(=O)CC(N)=O. The van der Waals surface area contributed by atoms with Crippen LogP contribution in [0.2, 0.25) is 0 Å². The van der Waals surface area contributed by atoms with Gasteiger partial charge in [-0.25, -0.2) is 0 Å². The van der Waals surface area contributed by atoms with Crippen LogP contribution in [0.3, 0.4) is 0 Å². The Morgan fingerprint density at radius 1 is 1.53 bits per heavy atom. The zero-order valence-electron chi connectivity index (χ0n) is 8.03. The van der Waals surface area contributed by atoms with Crippen molar-refractivity contribution in [1.82, 2.24) is 10.6 Å². The third-order valence-corrected chi connectivity index (χ3v) is 2.06. The van der Waals surface area contributed by atoms with E-state index in [-0.39, 0.29) is 30.8 Å². The maximum absolute atomic E-state index is 11.1. The van der Waals surface area contributed by atoms with Crippen LogP contribution in [0, 0.1) is 17.2 Å². The highest BCUT2D eigenvalue weighted by atomic mass is 35.5. The fourth-order valence-corrected chi connectivity index (χ4v) is 1.38. The van der Waals surface area contributed by atoms with Crippen molar-refractivity contribution < 1.29 is 9.59 Å². The number of nitrogens with zero attached hydrogens (tertiary/aromatic N) is 1. The summed E-state index contributed by atoms with van der Waals surface area (Å²) in [5, 5.41) is 14.3. The Kier molecular flexibility index (Phi) is 5.67. The fourth-order valence-electron chi connectivity index (χ4n) is 1.38. The lowest BCUT2D eigenvalue weighted by Gasteiger charge is -2.13. The highest BCUT2D eigenvalue weighted by Crippen LogP contribution is 2.07. The number of hydrogen-bond acceptors (Lipinski definition) is 4. The van der Waals surface area contributed by atoms with Crippen LogP contribution in [-0.4, -0.2) is 30.9 Å². The van der Waals surface area contributed by atoms with Gasteiger partial charge in [0.05, 0.1) is 18.0 Å². The molecule has 1 rings (SSSR count). The molecule has 0 aromatic rings. The smallest absolute Gasteiger partial charge is 0.229 e. The van der Waals surface area contributed by atoms with Gasteiger partial charge in [-0.1, -0.05) is 0 Å². The first-order valence-electron chi connectivity index (χ1n) is 4.31. The molecule has 0 aromatic carbocycles. The van der Waals surface area contributed by atoms with Crippen LogP contribution >= 0.6 is 12.4 Å². The lowest BCUT2D eigenvalue weighted by Crippen LogP contribution is -2.41. The van der Waals surface area contributed by atoms with Crippen LogP contribution in [0.4, 0.5) is 0 Å². The van der Waals surface area contributed by atoms with Gasteiger partial charge in [0.15, 0.2) is 0 Å². The first-order valence-corrected chi connectivity index (χ1v) is 4.31. The Labute approximate surface area is 93.6 Å². The van der Waals surface area contributed by atoms with Crippen molar-refractivity contribution in [2.24, 2.45) is 11.7 Å². The third-order valence-electron chi connectivity index (χ3n) is 2.06. The predicted octanol–water partition coefficient (Wildman–Crippen LogP) is -1.49. The maximum atomic E-state index is 11.1. The minimum absolute atomic E-state index is 0. The number of halogens is 1. The van der Waals surface area contributed by atoms with E-state index in [1.165, 1.54) is 0 Å². The number of carbonyl (C=O) groups is 2. The van der Waals surface area contributed by atoms with Gasteiger partial charge in [0.25, 0.3) is 0 Å². The molecule has 15 heavy (non-hydrogen) atoms. The van der Waals surface area contributed by atoms with Crippen LogP contribution in [0.5, 0.6) is 0 Å². The first kappa shape index (κ1) is 13.7. The van der Waals surface area contributed by atoms with Crippen molar-refractivity contribution in [3.8, 4) is 6.07 Å². The number of amides is 2. The Morgan fingerprint density at radius 2 is 2.20 bits per heavy atom. The molecule has 2 atom stereocenters. The second kappa shape index (κ2) is 6.22. The Hall–Kier alpha value is -1.32. The molecule has 0 bridgehead atoms. The van der Waals surface area contributed by atoms with Gasteiger partial charge in [-0.15, -0.1) is 12.4 Å². The highest BCUT2D eigenvalue weighted by Gasteiger charge is 2.28. The van der Waals surface area contributed by atoms with Crippen LogP contribution < -0.4 is 16.4 Å². The summed E-state index contributed by atoms with van der Waals surface area (Å²) in [5.74, 6) is -1.32. The van der Waals surface area contributed by atoms with Gasteiger partial charge in [-0.2, -0.15) is 5.26 Å². The molecule has 4 N–H and O–H groups in total. The lowest BCUT2D eigenvalue weighted by atomic mass is 10.1. The van der Waals surface area contributed by atoms with Gasteiger partial charge in [0, 0.05) is 13.1 Å². The van der Waals surface area contributed by atoms with Gasteiger partial charge in [-0.3, -0.25) is 9.59 Å². The van der Waals surface area contributed by atoms with Crippen molar-refractivity contribution >= 4 is 24.2 Å². The average Bonchev–Trinajstić information content (AvgIpc) is 2.50. The number of nitrogens with one attached hydrogen (secondary N) is 2. The van der Waals surface area contributed by atoms with E-state index in [9.17, 15) is 9.59 Å². The summed E-state index contributed by atoms with van der Waals surface area (Å²) in [7, 11) is 0. The van der Waals surface area contributed by atoms with E-state index >= 15 is 0 Å². The van der Waals surface area contributed by atoms with Crippen LogP contribution in [0.1, 0.15) is 6.42 Å². The summed E-state index contributed by atoms with van der Waals surface area (Å²) in [6.45, 7) is 1.13. The molecule has 6 nitrogen and oxygen atoms in total. The van der Waals surface area contributed by atoms with E-state index in [1.54, 1.807) is 0 Å². The monoisotopic (exact) mass is 232 g/mol. The molecule has 0 aromatic heterocycles. The molecule has 1 heterocycles. The summed E-state index contributed by atoms with van der Waals surface area (Å²) in [5.41, 5.74) is 4.85. The third kappa shape index (κ3) is 4.14. The zero-order chi connectivity index (χ0) is 10.6. The molecular weight excluding hydrogens is 220 g/mol. The minimum Gasteiger partial charge on any atom is -0.369 e. The van der Waals surface area contributed by atoms with Gasteiger partial charge in [0.2, 0.25) is 11.8 Å². The molecular formula is C8H13ClN4O2. The van der Waals surface area contributed by atoms with Crippen LogP contribution in [0.25, 0.3) is 0 Å². The topological polar surface area (TPSA) is 108 Å². The van der Waals surface area contributed by atoms with Crippen molar-refractivity contribution in [3.05, 3.63) is 0 Å². The molecule has 1 saturated heterocycles. The Morgan fingerprint density at radius 3 is 2.73 bits per heavy atom. The molecule has 0 saturated carbocycles. The number of rotatable bonds is 3. The van der Waals surface area contributed by atoms with E-state index in [0.29, 0.717) is 13.1 Å². The molecule has 0 aliphatic carbocycles. The summed E-state index contributed by atoms with van der Waals surface area (Å²) >= 11 is 0. The van der Waals surface area contributed by atoms with Crippen molar-refractivity contribution in [1.29, 1.82) is 5.26 Å². The molecule has 1 fully saturated rings. The van der Waals surface area contributed by atoms with E-state index < -0.39 is 11.8 Å². The summed E-state index contributed by atoms with van der Waals surface area (Å²) in [4.78, 5) is 21.5. The number of nitriles is 1. The number of carbonyl (C=O) groups excluding carboxylic acids is 2. The molecule has 1 aliphatic rings. The number of primary amides is 1. The maximum Gasteiger partial charge on any atom is 0.229 e. The van der Waals surface area contributed by atoms with E-state index in [2.05, 4.69) is 16.7 Å². The van der Waals surface area contributed by atoms with Crippen LogP contribution in [0.15, 0.2) is 0 Å². The zero-order valence-corrected chi connectivity index (χ0v) is 8.84. The quantitative estimate of drug-likeness (QED) is 0.515. The second-order valence-corrected chi connectivity index (χ2v) is 3.21. The summed E-state index contributed by atoms with van der Waals surface area (Å²) in [6.07, 6.45) is -0.325. The Balaban J connectivity index is 0.00000196. The highest BCUT2D eigenvalue weighted by molar-refractivity contribution is 5.96. The van der Waals surface area contributed by atoms with Gasteiger partial charge in [-0.05, 0) is 0 Å². The largest absolute Gasteiger partial charge is 0.369 e. The second-order valence-electron chi connectivity index (χ2n) is 3.21. The van der Waals surface area contributed by atoms with Crippen molar-refractivity contribution in [2.75, 3.05) is 13.1 Å². The molecule has 84 valence electrons. The van der Waals surface area contributed by atoms with Crippen molar-refractivity contribution in [3.63, 3.8) is 0 Å². The van der Waals surface area contributed by atoms with E-state index in [1.807, 2.05) is 0 Å². The average molecular weight is 233 g/mol. The van der Waals surface area contributed by atoms with E-state index in [4.69, 9.17) is 11.0 Å². The molecule has 1 aliphatic heterocycles. The fraction of sp³-hybridized carbons (Fsp3) is 0.625. The minimum atomic E-state index is -0.665. The van der Waals surface area contributed by atoms with Gasteiger partial charge >= 0.3 is 0 Å². The first-order chi connectivity index (χ1) is 6.63. The van der Waals surface area contributed by atoms with Gasteiger partial charge in [0.1, 0.15) is 6.42 Å². The van der Waals surface area contributed by atoms with Crippen LogP contribution in [-0.2, 0) is 9.59 Å². The molecule has 2 unspecified atom stereocenters. The Bertz CT molecular complexity index is 289. The molecule has 2 amide bonds. The molecule has 0 radical (unpaired) electrons. The summed E-state index contributed by atoms with van der Waals surface area (Å²) in [6, 6.07) is 1.86. The normalized spacial score (nSPS) is 23.7. The standard InChI is InChI=1S/C8H12N4O2.ClH/c9-2-5-3-11-4-6(5)12-8(14)1-7(10)13;/h5-6,11H,1,3-4H2,(H2,10,13)(H,12,14);1H. The van der Waals surface area contributed by atoms with Gasteiger partial charge < -0.3 is 16.4 Å². The van der Waals surface area contributed by atoms with E-state index in [0.717, 1.165) is 0 Å². The lowest BCUT2D eigenvalue weighted by molar-refractivity contribution is -0.128. The molecule has 0 spiro atoms. The predicted molar refractivity (Wildman–Crippen MR) is 55.0 cm³/mol. The van der Waals surface area contributed by atoms with Crippen molar-refractivity contribution in [2.45, 2.75) is 12.5 Å². The number of hydrogen-bond donors (Lipinski definition) is 3.